The van der Waals surface area contributed by atoms with Crippen LogP contribution in [0.2, 0.25) is 0 Å². The highest BCUT2D eigenvalue weighted by Crippen LogP contribution is 2.28. The lowest BCUT2D eigenvalue weighted by molar-refractivity contribution is 1.38. The average Bonchev–Trinajstić information content (AvgIpc) is 2.90. The van der Waals surface area contributed by atoms with Gasteiger partial charge in [-0.15, -0.1) is 11.3 Å². The molecule has 0 spiro atoms. The van der Waals surface area contributed by atoms with Crippen LogP contribution >= 0.6 is 11.3 Å². The summed E-state index contributed by atoms with van der Waals surface area (Å²) in [5.41, 5.74) is 10.8. The first-order valence-electron chi connectivity index (χ1n) is 6.36. The Morgan fingerprint density at radius 1 is 1.10 bits per heavy atom. The van der Waals surface area contributed by atoms with Gasteiger partial charge >= 0.3 is 0 Å². The van der Waals surface area contributed by atoms with E-state index in [9.17, 15) is 0 Å². The summed E-state index contributed by atoms with van der Waals surface area (Å²) in [4.78, 5) is 4.59. The van der Waals surface area contributed by atoms with Crippen molar-refractivity contribution in [3.8, 4) is 11.3 Å². The van der Waals surface area contributed by atoms with Crippen molar-refractivity contribution in [1.29, 1.82) is 0 Å². The highest BCUT2D eigenvalue weighted by Gasteiger charge is 2.05. The molecule has 0 saturated carbocycles. The summed E-state index contributed by atoms with van der Waals surface area (Å²) in [6.07, 6.45) is 0. The van der Waals surface area contributed by atoms with E-state index in [-0.39, 0.29) is 0 Å². The molecule has 2 aromatic carbocycles. The number of rotatable bonds is 3. The van der Waals surface area contributed by atoms with E-state index < -0.39 is 0 Å². The van der Waals surface area contributed by atoms with E-state index in [4.69, 9.17) is 5.73 Å². The van der Waals surface area contributed by atoms with Crippen molar-refractivity contribution in [1.82, 2.24) is 4.98 Å². The van der Waals surface area contributed by atoms with E-state index in [2.05, 4.69) is 41.5 Å². The number of thiazole rings is 1. The second-order valence-electron chi connectivity index (χ2n) is 4.65. The summed E-state index contributed by atoms with van der Waals surface area (Å²) in [5.74, 6) is 0. The summed E-state index contributed by atoms with van der Waals surface area (Å²) in [7, 11) is 0. The molecule has 3 N–H and O–H groups in total. The van der Waals surface area contributed by atoms with Gasteiger partial charge in [-0.05, 0) is 31.2 Å². The second-order valence-corrected chi connectivity index (χ2v) is 5.51. The third kappa shape index (κ3) is 2.81. The van der Waals surface area contributed by atoms with Crippen molar-refractivity contribution >= 4 is 27.8 Å². The summed E-state index contributed by atoms with van der Waals surface area (Å²) in [6.45, 7) is 2.07. The fraction of sp³-hybridized carbons (Fsp3) is 0.0625. The van der Waals surface area contributed by atoms with Crippen molar-refractivity contribution < 1.29 is 0 Å². The Bertz CT molecular complexity index is 717. The van der Waals surface area contributed by atoms with E-state index >= 15 is 0 Å². The number of nitrogen functional groups attached to an aromatic ring is 1. The van der Waals surface area contributed by atoms with Crippen LogP contribution in [0.1, 0.15) is 5.56 Å². The maximum absolute atomic E-state index is 5.80. The van der Waals surface area contributed by atoms with E-state index in [1.165, 1.54) is 5.56 Å². The molecule has 0 saturated heterocycles. The topological polar surface area (TPSA) is 50.9 Å². The smallest absolute Gasteiger partial charge is 0.187 e. The number of aromatic nitrogens is 1. The van der Waals surface area contributed by atoms with Gasteiger partial charge in [-0.2, -0.15) is 0 Å². The number of nitrogens with two attached hydrogens (primary N) is 1. The molecule has 0 radical (unpaired) electrons. The lowest BCUT2D eigenvalue weighted by Crippen LogP contribution is -1.90. The Labute approximate surface area is 122 Å². The predicted molar refractivity (Wildman–Crippen MR) is 86.4 cm³/mol. The molecule has 0 aliphatic carbocycles. The summed E-state index contributed by atoms with van der Waals surface area (Å²) in [6, 6.07) is 16.0. The summed E-state index contributed by atoms with van der Waals surface area (Å²) in [5, 5.41) is 6.23. The van der Waals surface area contributed by atoms with Gasteiger partial charge in [-0.1, -0.05) is 29.8 Å². The fourth-order valence-corrected chi connectivity index (χ4v) is 2.66. The molecule has 100 valence electrons. The van der Waals surface area contributed by atoms with Gasteiger partial charge in [0.1, 0.15) is 0 Å². The number of nitrogens with zero attached hydrogens (tertiary/aromatic N) is 1. The Morgan fingerprint density at radius 3 is 2.65 bits per heavy atom. The number of aryl methyl sites for hydroxylation is 1. The second kappa shape index (κ2) is 5.35. The number of benzene rings is 2. The quantitative estimate of drug-likeness (QED) is 0.698. The first-order chi connectivity index (χ1) is 9.70. The van der Waals surface area contributed by atoms with Crippen LogP contribution in [0.15, 0.2) is 53.9 Å². The molecule has 0 aliphatic heterocycles. The zero-order valence-electron chi connectivity index (χ0n) is 11.1. The van der Waals surface area contributed by atoms with Crippen LogP contribution in [0.5, 0.6) is 0 Å². The molecule has 3 nitrogen and oxygen atoms in total. The number of anilines is 3. The molecule has 0 fully saturated rings. The van der Waals surface area contributed by atoms with Crippen LogP contribution in [0.3, 0.4) is 0 Å². The molecule has 0 aliphatic rings. The van der Waals surface area contributed by atoms with Crippen molar-refractivity contribution in [2.45, 2.75) is 6.92 Å². The highest BCUT2D eigenvalue weighted by atomic mass is 32.1. The average molecular weight is 281 g/mol. The van der Waals surface area contributed by atoms with Crippen LogP contribution in [-0.4, -0.2) is 4.98 Å². The number of nitrogens with one attached hydrogen (secondary N) is 1. The molecule has 3 rings (SSSR count). The van der Waals surface area contributed by atoms with Gasteiger partial charge in [0.05, 0.1) is 5.69 Å². The van der Waals surface area contributed by atoms with E-state index in [0.717, 1.165) is 27.8 Å². The standard InChI is InChI=1S/C16H15N3S/c1-11-5-7-14(8-6-11)18-16-19-15(10-20-16)12-3-2-4-13(17)9-12/h2-10H,17H2,1H3,(H,18,19). The van der Waals surface area contributed by atoms with Crippen molar-refractivity contribution in [3.05, 3.63) is 59.5 Å². The first kappa shape index (κ1) is 12.7. The number of hydrogen-bond donors (Lipinski definition) is 2. The lowest BCUT2D eigenvalue weighted by Gasteiger charge is -2.02. The van der Waals surface area contributed by atoms with Crippen LogP contribution < -0.4 is 11.1 Å². The molecule has 4 heteroatoms. The predicted octanol–water partition coefficient (Wildman–Crippen LogP) is 4.44. The molecular formula is C16H15N3S. The third-order valence-corrected chi connectivity index (χ3v) is 3.75. The van der Waals surface area contributed by atoms with Gasteiger partial charge in [0.2, 0.25) is 0 Å². The van der Waals surface area contributed by atoms with Crippen molar-refractivity contribution in [2.75, 3.05) is 11.1 Å². The van der Waals surface area contributed by atoms with Gasteiger partial charge in [0.15, 0.2) is 5.13 Å². The molecular weight excluding hydrogens is 266 g/mol. The van der Waals surface area contributed by atoms with E-state index in [0.29, 0.717) is 0 Å². The Balaban J connectivity index is 1.82. The lowest BCUT2D eigenvalue weighted by atomic mass is 10.1. The molecule has 0 amide bonds. The monoisotopic (exact) mass is 281 g/mol. The van der Waals surface area contributed by atoms with E-state index in [1.54, 1.807) is 11.3 Å². The number of hydrogen-bond acceptors (Lipinski definition) is 4. The van der Waals surface area contributed by atoms with Crippen LogP contribution in [0, 0.1) is 6.92 Å². The third-order valence-electron chi connectivity index (χ3n) is 2.99. The minimum atomic E-state index is 0.753. The van der Waals surface area contributed by atoms with Gasteiger partial charge in [-0.25, -0.2) is 4.98 Å². The van der Waals surface area contributed by atoms with Gasteiger partial charge in [0, 0.05) is 22.3 Å². The van der Waals surface area contributed by atoms with E-state index in [1.807, 2.05) is 29.6 Å². The molecule has 3 aromatic rings. The minimum Gasteiger partial charge on any atom is -0.399 e. The van der Waals surface area contributed by atoms with Crippen molar-refractivity contribution in [3.63, 3.8) is 0 Å². The van der Waals surface area contributed by atoms with Crippen LogP contribution in [0.4, 0.5) is 16.5 Å². The Kier molecular flexibility index (Phi) is 3.39. The SMILES string of the molecule is Cc1ccc(Nc2nc(-c3cccc(N)c3)cs2)cc1. The zero-order valence-corrected chi connectivity index (χ0v) is 11.9. The fourth-order valence-electron chi connectivity index (χ4n) is 1.92. The van der Waals surface area contributed by atoms with Crippen molar-refractivity contribution in [2.24, 2.45) is 0 Å². The Morgan fingerprint density at radius 2 is 1.90 bits per heavy atom. The first-order valence-corrected chi connectivity index (χ1v) is 7.24. The maximum atomic E-state index is 5.80. The van der Waals surface area contributed by atoms with Gasteiger partial charge in [0.25, 0.3) is 0 Å². The minimum absolute atomic E-state index is 0.753. The van der Waals surface area contributed by atoms with Crippen LogP contribution in [0.25, 0.3) is 11.3 Å². The maximum Gasteiger partial charge on any atom is 0.187 e. The summed E-state index contributed by atoms with van der Waals surface area (Å²) >= 11 is 1.59. The molecule has 1 heterocycles. The summed E-state index contributed by atoms with van der Waals surface area (Å²) < 4.78 is 0. The molecule has 0 bridgehead atoms. The van der Waals surface area contributed by atoms with Gasteiger partial charge < -0.3 is 11.1 Å². The normalized spacial score (nSPS) is 10.4. The largest absolute Gasteiger partial charge is 0.399 e. The molecule has 0 unspecified atom stereocenters. The van der Waals surface area contributed by atoms with Gasteiger partial charge in [-0.3, -0.25) is 0 Å². The van der Waals surface area contributed by atoms with Crippen LogP contribution in [-0.2, 0) is 0 Å². The zero-order chi connectivity index (χ0) is 13.9. The molecule has 0 atom stereocenters. The Hall–Kier alpha value is -2.33. The highest BCUT2D eigenvalue weighted by molar-refractivity contribution is 7.14. The molecule has 1 aromatic heterocycles. The molecule has 20 heavy (non-hydrogen) atoms.